The Morgan fingerprint density at radius 2 is 1.65 bits per heavy atom. The van der Waals surface area contributed by atoms with E-state index in [2.05, 4.69) is 24.0 Å². The molecule has 7 heteroatoms. The van der Waals surface area contributed by atoms with Crippen LogP contribution < -0.4 is 9.47 Å². The van der Waals surface area contributed by atoms with Crippen LogP contribution in [0.2, 0.25) is 0 Å². The fourth-order valence-electron chi connectivity index (χ4n) is 3.98. The van der Waals surface area contributed by atoms with E-state index in [4.69, 9.17) is 24.0 Å². The molecule has 2 aromatic carbocycles. The van der Waals surface area contributed by atoms with E-state index in [1.54, 1.807) is 7.11 Å². The van der Waals surface area contributed by atoms with Crippen molar-refractivity contribution in [3.63, 3.8) is 0 Å². The second kappa shape index (κ2) is 8.67. The monoisotopic (exact) mass is 454 g/mol. The van der Waals surface area contributed by atoms with Crippen LogP contribution >= 0.6 is 0 Å². The molecule has 3 heterocycles. The van der Waals surface area contributed by atoms with Crippen LogP contribution in [-0.2, 0) is 6.61 Å². The van der Waals surface area contributed by atoms with Crippen LogP contribution in [-0.4, -0.2) is 26.9 Å². The van der Waals surface area contributed by atoms with Gasteiger partial charge in [0.1, 0.15) is 23.8 Å². The number of ether oxygens (including phenoxy) is 2. The Morgan fingerprint density at radius 1 is 0.912 bits per heavy atom. The maximum atomic E-state index is 6.07. The first-order chi connectivity index (χ1) is 16.4. The summed E-state index contributed by atoms with van der Waals surface area (Å²) in [7, 11) is 1.64. The summed E-state index contributed by atoms with van der Waals surface area (Å²) < 4.78 is 19.0. The minimum absolute atomic E-state index is 0.251. The molecule has 5 rings (SSSR count). The molecule has 0 bridgehead atoms. The predicted molar refractivity (Wildman–Crippen MR) is 131 cm³/mol. The minimum atomic E-state index is 0.251. The van der Waals surface area contributed by atoms with E-state index in [9.17, 15) is 0 Å². The van der Waals surface area contributed by atoms with Crippen LogP contribution in [0.1, 0.15) is 28.3 Å². The minimum Gasteiger partial charge on any atom is -0.497 e. The van der Waals surface area contributed by atoms with Gasteiger partial charge in [-0.25, -0.2) is 9.67 Å². The number of aromatic nitrogens is 4. The van der Waals surface area contributed by atoms with Gasteiger partial charge in [-0.15, -0.1) is 0 Å². The summed E-state index contributed by atoms with van der Waals surface area (Å²) >= 11 is 0. The van der Waals surface area contributed by atoms with Gasteiger partial charge < -0.3 is 13.9 Å². The van der Waals surface area contributed by atoms with E-state index in [0.717, 1.165) is 45.0 Å². The molecular weight excluding hydrogens is 428 g/mol. The standard InChI is InChI=1S/C27H26N4O3/c1-16-6-10-21(11-7-16)31-26-25(18(3)30-31)17(2)14-24(29-26)33-15-23-19(4)34-27(28-23)20-8-12-22(32-5)13-9-20/h6-14H,15H2,1-5H3. The Hall–Kier alpha value is -4.13. The molecule has 0 saturated heterocycles. The Labute approximate surface area is 198 Å². The van der Waals surface area contributed by atoms with Crippen molar-refractivity contribution >= 4 is 11.0 Å². The Bertz CT molecular complexity index is 1470. The second-order valence-electron chi connectivity index (χ2n) is 8.35. The second-order valence-corrected chi connectivity index (χ2v) is 8.35. The van der Waals surface area contributed by atoms with Gasteiger partial charge in [0.25, 0.3) is 0 Å². The van der Waals surface area contributed by atoms with Crippen molar-refractivity contribution in [2.24, 2.45) is 0 Å². The molecule has 0 unspecified atom stereocenters. The van der Waals surface area contributed by atoms with E-state index >= 15 is 0 Å². The first-order valence-corrected chi connectivity index (χ1v) is 11.1. The number of hydrogen-bond donors (Lipinski definition) is 0. The smallest absolute Gasteiger partial charge is 0.226 e. The molecule has 0 spiro atoms. The predicted octanol–water partition coefficient (Wildman–Crippen LogP) is 5.90. The molecule has 0 aliphatic heterocycles. The molecule has 0 radical (unpaired) electrons. The molecule has 0 fully saturated rings. The van der Waals surface area contributed by atoms with E-state index in [-0.39, 0.29) is 6.61 Å². The number of fused-ring (bicyclic) bond motifs is 1. The van der Waals surface area contributed by atoms with Crippen LogP contribution in [0.5, 0.6) is 11.6 Å². The summed E-state index contributed by atoms with van der Waals surface area (Å²) in [5, 5.41) is 5.77. The van der Waals surface area contributed by atoms with Gasteiger partial charge in [-0.3, -0.25) is 0 Å². The average molecular weight is 455 g/mol. The van der Waals surface area contributed by atoms with Gasteiger partial charge >= 0.3 is 0 Å². The Morgan fingerprint density at radius 3 is 2.35 bits per heavy atom. The van der Waals surface area contributed by atoms with Crippen LogP contribution in [0.25, 0.3) is 28.2 Å². The van der Waals surface area contributed by atoms with Crippen LogP contribution in [0.15, 0.2) is 59.0 Å². The van der Waals surface area contributed by atoms with Gasteiger partial charge in [0.15, 0.2) is 5.65 Å². The summed E-state index contributed by atoms with van der Waals surface area (Å²) in [4.78, 5) is 9.43. The van der Waals surface area contributed by atoms with Gasteiger partial charge in [-0.05, 0) is 69.7 Å². The summed E-state index contributed by atoms with van der Waals surface area (Å²) in [5.41, 5.74) is 6.53. The van der Waals surface area contributed by atoms with Gasteiger partial charge in [-0.2, -0.15) is 10.1 Å². The maximum Gasteiger partial charge on any atom is 0.226 e. The van der Waals surface area contributed by atoms with Crippen LogP contribution in [0, 0.1) is 27.7 Å². The lowest BCUT2D eigenvalue weighted by Gasteiger charge is -2.08. The Balaban J connectivity index is 1.43. The highest BCUT2D eigenvalue weighted by Crippen LogP contribution is 2.28. The third-order valence-electron chi connectivity index (χ3n) is 5.85. The van der Waals surface area contributed by atoms with E-state index in [0.29, 0.717) is 17.5 Å². The summed E-state index contributed by atoms with van der Waals surface area (Å²) in [5.74, 6) is 2.56. The van der Waals surface area contributed by atoms with E-state index in [1.165, 1.54) is 5.56 Å². The quantitative estimate of drug-likeness (QED) is 0.318. The molecule has 34 heavy (non-hydrogen) atoms. The molecule has 5 aromatic rings. The fraction of sp³-hybridized carbons (Fsp3) is 0.222. The van der Waals surface area contributed by atoms with Gasteiger partial charge in [-0.1, -0.05) is 17.7 Å². The SMILES string of the molecule is COc1ccc(-c2nc(COc3cc(C)c4c(C)nn(-c5ccc(C)cc5)c4n3)c(C)o2)cc1. The van der Waals surface area contributed by atoms with E-state index in [1.807, 2.05) is 67.9 Å². The lowest BCUT2D eigenvalue weighted by Crippen LogP contribution is -2.02. The number of aryl methyl sites for hydroxylation is 4. The van der Waals surface area contributed by atoms with Crippen LogP contribution in [0.4, 0.5) is 0 Å². The molecule has 0 aliphatic rings. The molecule has 0 aliphatic carbocycles. The first kappa shape index (κ1) is 21.7. The summed E-state index contributed by atoms with van der Waals surface area (Å²) in [6.07, 6.45) is 0. The molecule has 7 nitrogen and oxygen atoms in total. The Kier molecular flexibility index (Phi) is 5.53. The number of methoxy groups -OCH3 is 1. The third kappa shape index (κ3) is 4.01. The molecular formula is C27H26N4O3. The van der Waals surface area contributed by atoms with Crippen molar-refractivity contribution in [1.82, 2.24) is 19.7 Å². The van der Waals surface area contributed by atoms with Crippen LogP contribution in [0.3, 0.4) is 0 Å². The molecule has 0 saturated carbocycles. The largest absolute Gasteiger partial charge is 0.497 e. The highest BCUT2D eigenvalue weighted by molar-refractivity contribution is 5.84. The number of oxazole rings is 1. The van der Waals surface area contributed by atoms with Gasteiger partial charge in [0.2, 0.25) is 11.8 Å². The first-order valence-electron chi connectivity index (χ1n) is 11.1. The highest BCUT2D eigenvalue weighted by Gasteiger charge is 2.17. The molecule has 3 aromatic heterocycles. The summed E-state index contributed by atoms with van der Waals surface area (Å²) in [6.45, 7) is 8.25. The summed E-state index contributed by atoms with van der Waals surface area (Å²) in [6, 6.07) is 17.8. The van der Waals surface area contributed by atoms with Crippen molar-refractivity contribution in [3.8, 4) is 28.8 Å². The highest BCUT2D eigenvalue weighted by atomic mass is 16.5. The zero-order valence-corrected chi connectivity index (χ0v) is 19.9. The van der Waals surface area contributed by atoms with Crippen molar-refractivity contribution in [2.75, 3.05) is 7.11 Å². The zero-order chi connectivity index (χ0) is 23.8. The molecule has 0 amide bonds. The lowest BCUT2D eigenvalue weighted by atomic mass is 10.1. The van der Waals surface area contributed by atoms with Gasteiger partial charge in [0, 0.05) is 17.0 Å². The normalized spacial score (nSPS) is 11.2. The molecule has 0 N–H and O–H groups in total. The van der Waals surface area contributed by atoms with E-state index < -0.39 is 0 Å². The van der Waals surface area contributed by atoms with Crippen molar-refractivity contribution in [3.05, 3.63) is 82.9 Å². The van der Waals surface area contributed by atoms with Crippen molar-refractivity contribution in [1.29, 1.82) is 0 Å². The number of pyridine rings is 1. The average Bonchev–Trinajstić information content (AvgIpc) is 3.38. The topological polar surface area (TPSA) is 75.2 Å². The van der Waals surface area contributed by atoms with Gasteiger partial charge in [0.05, 0.1) is 18.5 Å². The van der Waals surface area contributed by atoms with Crippen molar-refractivity contribution in [2.45, 2.75) is 34.3 Å². The molecule has 172 valence electrons. The number of hydrogen-bond acceptors (Lipinski definition) is 6. The lowest BCUT2D eigenvalue weighted by molar-refractivity contribution is 0.288. The maximum absolute atomic E-state index is 6.07. The molecule has 0 atom stereocenters. The number of benzene rings is 2. The zero-order valence-electron chi connectivity index (χ0n) is 19.9. The fourth-order valence-corrected chi connectivity index (χ4v) is 3.98. The number of nitrogens with zero attached hydrogens (tertiary/aromatic N) is 4. The third-order valence-corrected chi connectivity index (χ3v) is 5.85. The number of rotatable bonds is 6. The van der Waals surface area contributed by atoms with Crippen molar-refractivity contribution < 1.29 is 13.9 Å².